The van der Waals surface area contributed by atoms with E-state index in [1.807, 2.05) is 54.6 Å². The van der Waals surface area contributed by atoms with Gasteiger partial charge < -0.3 is 10.8 Å². The molecule has 0 saturated heterocycles. The Bertz CT molecular complexity index is 737. The Labute approximate surface area is 122 Å². The Kier molecular flexibility index (Phi) is 3.77. The lowest BCUT2D eigenvalue weighted by Gasteiger charge is -2.07. The van der Waals surface area contributed by atoms with E-state index >= 15 is 0 Å². The molecule has 21 heavy (non-hydrogen) atoms. The van der Waals surface area contributed by atoms with Crippen molar-refractivity contribution in [1.29, 1.82) is 0 Å². The van der Waals surface area contributed by atoms with Crippen molar-refractivity contribution in [2.24, 2.45) is 5.73 Å². The Morgan fingerprint density at radius 3 is 2.48 bits per heavy atom. The molecule has 0 radical (unpaired) electrons. The van der Waals surface area contributed by atoms with Crippen molar-refractivity contribution in [2.75, 3.05) is 0 Å². The number of hydrogen-bond donors (Lipinski definition) is 2. The fourth-order valence-electron chi connectivity index (χ4n) is 2.33. The standard InChI is InChI=1S/C16H16N4O/c17-10-12-5-4-8-14(9-12)15-16(20(11-21)19-18-15)13-6-2-1-3-7-13/h1-9,21H,10-11,17H2. The van der Waals surface area contributed by atoms with Gasteiger partial charge in [0.05, 0.1) is 5.69 Å². The molecule has 2 aromatic carbocycles. The fraction of sp³-hybridized carbons (Fsp3) is 0.125. The molecule has 0 bridgehead atoms. The molecule has 5 heteroatoms. The van der Waals surface area contributed by atoms with Crippen LogP contribution in [0.15, 0.2) is 54.6 Å². The first-order valence-corrected chi connectivity index (χ1v) is 6.72. The van der Waals surface area contributed by atoms with Gasteiger partial charge in [-0.05, 0) is 11.6 Å². The Morgan fingerprint density at radius 2 is 1.76 bits per heavy atom. The maximum absolute atomic E-state index is 9.48. The average Bonchev–Trinajstić information content (AvgIpc) is 2.99. The van der Waals surface area contributed by atoms with Gasteiger partial charge in [-0.2, -0.15) is 0 Å². The van der Waals surface area contributed by atoms with Crippen LogP contribution < -0.4 is 5.73 Å². The second-order valence-corrected chi connectivity index (χ2v) is 4.70. The lowest BCUT2D eigenvalue weighted by Crippen LogP contribution is -2.01. The van der Waals surface area contributed by atoms with E-state index in [4.69, 9.17) is 5.73 Å². The fourth-order valence-corrected chi connectivity index (χ4v) is 2.33. The molecular weight excluding hydrogens is 264 g/mol. The summed E-state index contributed by atoms with van der Waals surface area (Å²) < 4.78 is 1.49. The maximum atomic E-state index is 9.48. The zero-order valence-corrected chi connectivity index (χ0v) is 11.5. The molecule has 0 aliphatic heterocycles. The van der Waals surface area contributed by atoms with E-state index in [0.717, 1.165) is 28.1 Å². The number of benzene rings is 2. The van der Waals surface area contributed by atoms with Gasteiger partial charge in [0.25, 0.3) is 0 Å². The first-order valence-electron chi connectivity index (χ1n) is 6.72. The van der Waals surface area contributed by atoms with Crippen LogP contribution in [0.4, 0.5) is 0 Å². The SMILES string of the molecule is NCc1cccc(-c2nnn(CO)c2-c2ccccc2)c1. The normalized spacial score (nSPS) is 10.8. The van der Waals surface area contributed by atoms with E-state index in [-0.39, 0.29) is 6.73 Å². The van der Waals surface area contributed by atoms with Gasteiger partial charge in [0.2, 0.25) is 0 Å². The molecule has 106 valence electrons. The van der Waals surface area contributed by atoms with Gasteiger partial charge in [0, 0.05) is 17.7 Å². The maximum Gasteiger partial charge on any atom is 0.138 e. The summed E-state index contributed by atoms with van der Waals surface area (Å²) in [5, 5.41) is 17.7. The van der Waals surface area contributed by atoms with Gasteiger partial charge in [0.1, 0.15) is 12.4 Å². The van der Waals surface area contributed by atoms with E-state index < -0.39 is 0 Å². The van der Waals surface area contributed by atoms with Crippen LogP contribution in [0, 0.1) is 0 Å². The summed E-state index contributed by atoms with van der Waals surface area (Å²) in [5.41, 5.74) is 10.2. The second kappa shape index (κ2) is 5.87. The molecule has 5 nitrogen and oxygen atoms in total. The van der Waals surface area contributed by atoms with Crippen molar-refractivity contribution in [3.63, 3.8) is 0 Å². The summed E-state index contributed by atoms with van der Waals surface area (Å²) in [6, 6.07) is 17.7. The third-order valence-corrected chi connectivity index (χ3v) is 3.35. The van der Waals surface area contributed by atoms with Gasteiger partial charge in [-0.25, -0.2) is 4.68 Å². The molecule has 0 fully saturated rings. The highest BCUT2D eigenvalue weighted by molar-refractivity contribution is 5.78. The molecule has 0 amide bonds. The highest BCUT2D eigenvalue weighted by Gasteiger charge is 2.16. The Hall–Kier alpha value is -2.50. The van der Waals surface area contributed by atoms with Gasteiger partial charge in [-0.3, -0.25) is 0 Å². The minimum absolute atomic E-state index is 0.214. The van der Waals surface area contributed by atoms with Crippen LogP contribution in [0.2, 0.25) is 0 Å². The van der Waals surface area contributed by atoms with Gasteiger partial charge >= 0.3 is 0 Å². The van der Waals surface area contributed by atoms with Crippen molar-refractivity contribution in [1.82, 2.24) is 15.0 Å². The van der Waals surface area contributed by atoms with Crippen LogP contribution in [0.3, 0.4) is 0 Å². The predicted molar refractivity (Wildman–Crippen MR) is 81.0 cm³/mol. The number of aliphatic hydroxyl groups is 1. The van der Waals surface area contributed by atoms with E-state index in [9.17, 15) is 5.11 Å². The molecule has 3 N–H and O–H groups in total. The molecular formula is C16H16N4O. The summed E-state index contributed by atoms with van der Waals surface area (Å²) in [6.45, 7) is 0.260. The topological polar surface area (TPSA) is 77.0 Å². The third kappa shape index (κ3) is 2.56. The summed E-state index contributed by atoms with van der Waals surface area (Å²) >= 11 is 0. The highest BCUT2D eigenvalue weighted by Crippen LogP contribution is 2.30. The highest BCUT2D eigenvalue weighted by atomic mass is 16.3. The molecule has 0 aliphatic carbocycles. The molecule has 1 heterocycles. The van der Waals surface area contributed by atoms with E-state index in [0.29, 0.717) is 6.54 Å². The molecule has 0 spiro atoms. The molecule has 0 atom stereocenters. The summed E-state index contributed by atoms with van der Waals surface area (Å²) in [5.74, 6) is 0. The number of nitrogens with zero attached hydrogens (tertiary/aromatic N) is 3. The quantitative estimate of drug-likeness (QED) is 0.766. The second-order valence-electron chi connectivity index (χ2n) is 4.70. The summed E-state index contributed by atoms with van der Waals surface area (Å²) in [7, 11) is 0. The number of aromatic nitrogens is 3. The van der Waals surface area contributed by atoms with Crippen LogP contribution >= 0.6 is 0 Å². The van der Waals surface area contributed by atoms with Gasteiger partial charge in [-0.15, -0.1) is 5.10 Å². The molecule has 0 unspecified atom stereocenters. The predicted octanol–water partition coefficient (Wildman–Crippen LogP) is 2.02. The van der Waals surface area contributed by atoms with Gasteiger partial charge in [-0.1, -0.05) is 53.7 Å². The molecule has 0 saturated carbocycles. The Morgan fingerprint density at radius 1 is 1.00 bits per heavy atom. The van der Waals surface area contributed by atoms with E-state index in [1.54, 1.807) is 0 Å². The van der Waals surface area contributed by atoms with Crippen molar-refractivity contribution in [3.8, 4) is 22.5 Å². The van der Waals surface area contributed by atoms with Crippen molar-refractivity contribution < 1.29 is 5.11 Å². The van der Waals surface area contributed by atoms with E-state index in [2.05, 4.69) is 10.3 Å². The van der Waals surface area contributed by atoms with Crippen LogP contribution in [0.25, 0.3) is 22.5 Å². The third-order valence-electron chi connectivity index (χ3n) is 3.35. The monoisotopic (exact) mass is 280 g/mol. The number of hydrogen-bond acceptors (Lipinski definition) is 4. The Balaban J connectivity index is 2.17. The summed E-state index contributed by atoms with van der Waals surface area (Å²) in [4.78, 5) is 0. The molecule has 0 aliphatic rings. The van der Waals surface area contributed by atoms with Crippen molar-refractivity contribution in [2.45, 2.75) is 13.3 Å². The van der Waals surface area contributed by atoms with Crippen LogP contribution in [0.5, 0.6) is 0 Å². The van der Waals surface area contributed by atoms with E-state index in [1.165, 1.54) is 4.68 Å². The smallest absolute Gasteiger partial charge is 0.138 e. The van der Waals surface area contributed by atoms with Crippen LogP contribution in [0.1, 0.15) is 5.56 Å². The molecule has 3 aromatic rings. The molecule has 1 aromatic heterocycles. The first kappa shape index (κ1) is 13.5. The van der Waals surface area contributed by atoms with Crippen molar-refractivity contribution >= 4 is 0 Å². The van der Waals surface area contributed by atoms with Crippen LogP contribution in [-0.2, 0) is 13.3 Å². The average molecular weight is 280 g/mol. The van der Waals surface area contributed by atoms with Crippen molar-refractivity contribution in [3.05, 3.63) is 60.2 Å². The number of rotatable bonds is 4. The molecule has 3 rings (SSSR count). The zero-order chi connectivity index (χ0) is 14.7. The minimum atomic E-state index is -0.214. The first-order chi connectivity index (χ1) is 10.3. The minimum Gasteiger partial charge on any atom is -0.374 e. The largest absolute Gasteiger partial charge is 0.374 e. The summed E-state index contributed by atoms with van der Waals surface area (Å²) in [6.07, 6.45) is 0. The van der Waals surface area contributed by atoms with Crippen LogP contribution in [-0.4, -0.2) is 20.1 Å². The van der Waals surface area contributed by atoms with Gasteiger partial charge in [0.15, 0.2) is 0 Å². The number of nitrogens with two attached hydrogens (primary N) is 1. The zero-order valence-electron chi connectivity index (χ0n) is 11.5. The lowest BCUT2D eigenvalue weighted by molar-refractivity contribution is 0.194. The number of aliphatic hydroxyl groups excluding tert-OH is 1. The lowest BCUT2D eigenvalue weighted by atomic mass is 10.0.